The molecule has 1 atom stereocenters. The lowest BCUT2D eigenvalue weighted by molar-refractivity contribution is -0.119. The van der Waals surface area contributed by atoms with Gasteiger partial charge in [0.1, 0.15) is 5.78 Å². The molecule has 1 saturated carbocycles. The predicted molar refractivity (Wildman–Crippen MR) is 102 cm³/mol. The highest BCUT2D eigenvalue weighted by molar-refractivity contribution is 8.00. The normalized spacial score (nSPS) is 21.2. The van der Waals surface area contributed by atoms with E-state index in [1.54, 1.807) is 11.8 Å². The third-order valence-electron chi connectivity index (χ3n) is 4.92. The number of benzene rings is 1. The average molecular weight is 372 g/mol. The summed E-state index contributed by atoms with van der Waals surface area (Å²) in [7, 11) is 0. The van der Waals surface area contributed by atoms with Crippen LogP contribution in [0.15, 0.2) is 35.5 Å². The first-order valence-corrected chi connectivity index (χ1v) is 10.2. The van der Waals surface area contributed by atoms with Gasteiger partial charge >= 0.3 is 0 Å². The van der Waals surface area contributed by atoms with Crippen LogP contribution in [0.1, 0.15) is 31.2 Å². The molecule has 1 aromatic heterocycles. The van der Waals surface area contributed by atoms with Crippen molar-refractivity contribution < 1.29 is 9.53 Å². The number of anilines is 1. The molecule has 0 unspecified atom stereocenters. The van der Waals surface area contributed by atoms with Gasteiger partial charge in [0.25, 0.3) is 0 Å². The van der Waals surface area contributed by atoms with Crippen molar-refractivity contribution in [2.45, 2.75) is 42.6 Å². The Morgan fingerprint density at radius 1 is 1.12 bits per heavy atom. The minimum atomic E-state index is 0.0139. The zero-order chi connectivity index (χ0) is 17.8. The molecule has 138 valence electrons. The summed E-state index contributed by atoms with van der Waals surface area (Å²) in [5.41, 5.74) is 1.21. The Morgan fingerprint density at radius 3 is 2.69 bits per heavy atom. The molecule has 1 saturated heterocycles. The van der Waals surface area contributed by atoms with Gasteiger partial charge in [-0.3, -0.25) is 9.36 Å². The van der Waals surface area contributed by atoms with E-state index in [9.17, 15) is 4.79 Å². The van der Waals surface area contributed by atoms with Crippen LogP contribution < -0.4 is 4.90 Å². The molecule has 2 heterocycles. The number of carbonyl (C=O) groups excluding carboxylic acids is 1. The number of Topliss-reactive ketones (excluding diaryl/α,β-unsaturated/α-hetero) is 1. The van der Waals surface area contributed by atoms with E-state index in [0.29, 0.717) is 32.0 Å². The Balaban J connectivity index is 1.61. The number of aromatic nitrogens is 3. The number of thioether (sulfide) groups is 1. The number of ketones is 1. The molecule has 1 aromatic carbocycles. The molecular weight excluding hydrogens is 348 g/mol. The number of rotatable bonds is 5. The molecule has 0 spiro atoms. The first kappa shape index (κ1) is 17.5. The summed E-state index contributed by atoms with van der Waals surface area (Å²) < 4.78 is 7.63. The molecule has 1 aliphatic carbocycles. The Kier molecular flexibility index (Phi) is 5.55. The SMILES string of the molecule is O=C1CCCC[C@H]1Sc1nnc(N2CCOCC2)n1Cc1ccccc1. The Morgan fingerprint density at radius 2 is 1.92 bits per heavy atom. The molecule has 26 heavy (non-hydrogen) atoms. The van der Waals surface area contributed by atoms with Gasteiger partial charge in [-0.2, -0.15) is 0 Å². The fourth-order valence-electron chi connectivity index (χ4n) is 3.47. The summed E-state index contributed by atoms with van der Waals surface area (Å²) in [5, 5.41) is 9.79. The largest absolute Gasteiger partial charge is 0.378 e. The smallest absolute Gasteiger partial charge is 0.228 e. The van der Waals surface area contributed by atoms with Gasteiger partial charge in [0, 0.05) is 19.5 Å². The summed E-state index contributed by atoms with van der Waals surface area (Å²) in [6.07, 6.45) is 3.77. The van der Waals surface area contributed by atoms with Gasteiger partial charge in [0.15, 0.2) is 5.16 Å². The van der Waals surface area contributed by atoms with Gasteiger partial charge in [0.2, 0.25) is 5.95 Å². The van der Waals surface area contributed by atoms with Crippen molar-refractivity contribution in [2.24, 2.45) is 0 Å². The van der Waals surface area contributed by atoms with E-state index in [1.807, 2.05) is 18.2 Å². The van der Waals surface area contributed by atoms with Crippen LogP contribution in [0.4, 0.5) is 5.95 Å². The van der Waals surface area contributed by atoms with E-state index in [0.717, 1.165) is 43.5 Å². The van der Waals surface area contributed by atoms with Crippen LogP contribution in [-0.4, -0.2) is 52.1 Å². The summed E-state index contributed by atoms with van der Waals surface area (Å²) >= 11 is 1.59. The van der Waals surface area contributed by atoms with E-state index >= 15 is 0 Å². The third-order valence-corrected chi connectivity index (χ3v) is 6.22. The van der Waals surface area contributed by atoms with Gasteiger partial charge in [-0.25, -0.2) is 0 Å². The predicted octanol–water partition coefficient (Wildman–Crippen LogP) is 2.77. The zero-order valence-corrected chi connectivity index (χ0v) is 15.7. The van der Waals surface area contributed by atoms with Crippen molar-refractivity contribution in [3.8, 4) is 0 Å². The van der Waals surface area contributed by atoms with E-state index in [1.165, 1.54) is 5.56 Å². The summed E-state index contributed by atoms with van der Waals surface area (Å²) in [4.78, 5) is 14.5. The Labute approximate surface area is 157 Å². The van der Waals surface area contributed by atoms with Crippen molar-refractivity contribution >= 4 is 23.5 Å². The summed E-state index contributed by atoms with van der Waals surface area (Å²) in [6.45, 7) is 3.77. The van der Waals surface area contributed by atoms with Crippen LogP contribution >= 0.6 is 11.8 Å². The Bertz CT molecular complexity index is 743. The van der Waals surface area contributed by atoms with Crippen LogP contribution in [0.25, 0.3) is 0 Å². The van der Waals surface area contributed by atoms with Gasteiger partial charge in [0.05, 0.1) is 25.0 Å². The van der Waals surface area contributed by atoms with E-state index in [4.69, 9.17) is 4.74 Å². The number of nitrogens with zero attached hydrogens (tertiary/aromatic N) is 4. The zero-order valence-electron chi connectivity index (χ0n) is 14.8. The minimum Gasteiger partial charge on any atom is -0.378 e. The molecule has 2 fully saturated rings. The fourth-order valence-corrected chi connectivity index (χ4v) is 4.62. The second kappa shape index (κ2) is 8.22. The molecule has 0 amide bonds. The average Bonchev–Trinajstić information content (AvgIpc) is 3.07. The highest BCUT2D eigenvalue weighted by atomic mass is 32.2. The van der Waals surface area contributed by atoms with Gasteiger partial charge in [-0.15, -0.1) is 10.2 Å². The first-order chi connectivity index (χ1) is 12.8. The van der Waals surface area contributed by atoms with Crippen LogP contribution in [0.2, 0.25) is 0 Å². The molecule has 0 bridgehead atoms. The number of ether oxygens (including phenoxy) is 1. The van der Waals surface area contributed by atoms with Crippen molar-refractivity contribution in [1.82, 2.24) is 14.8 Å². The number of hydrogen-bond acceptors (Lipinski definition) is 6. The maximum atomic E-state index is 12.3. The fraction of sp³-hybridized carbons (Fsp3) is 0.526. The summed E-state index contributed by atoms with van der Waals surface area (Å²) in [6, 6.07) is 10.3. The first-order valence-electron chi connectivity index (χ1n) is 9.30. The quantitative estimate of drug-likeness (QED) is 0.804. The number of morpholine rings is 1. The van der Waals surface area contributed by atoms with Gasteiger partial charge in [-0.05, 0) is 18.4 Å². The van der Waals surface area contributed by atoms with Crippen molar-refractivity contribution in [1.29, 1.82) is 0 Å². The summed E-state index contributed by atoms with van der Waals surface area (Å²) in [5.74, 6) is 1.23. The molecule has 7 heteroatoms. The van der Waals surface area contributed by atoms with Crippen LogP contribution in [0, 0.1) is 0 Å². The Hall–Kier alpha value is -1.86. The van der Waals surface area contributed by atoms with Crippen LogP contribution in [-0.2, 0) is 16.1 Å². The van der Waals surface area contributed by atoms with Crippen molar-refractivity contribution in [2.75, 3.05) is 31.2 Å². The van der Waals surface area contributed by atoms with Gasteiger partial charge < -0.3 is 9.64 Å². The number of carbonyl (C=O) groups is 1. The molecule has 2 aliphatic rings. The monoisotopic (exact) mass is 372 g/mol. The lowest BCUT2D eigenvalue weighted by Crippen LogP contribution is -2.38. The van der Waals surface area contributed by atoms with Crippen molar-refractivity contribution in [3.63, 3.8) is 0 Å². The molecule has 2 aromatic rings. The highest BCUT2D eigenvalue weighted by Gasteiger charge is 2.27. The lowest BCUT2D eigenvalue weighted by Gasteiger charge is -2.28. The van der Waals surface area contributed by atoms with Crippen LogP contribution in [0.5, 0.6) is 0 Å². The van der Waals surface area contributed by atoms with Gasteiger partial charge in [-0.1, -0.05) is 48.5 Å². The maximum absolute atomic E-state index is 12.3. The third kappa shape index (κ3) is 3.94. The molecule has 6 nitrogen and oxygen atoms in total. The van der Waals surface area contributed by atoms with Crippen molar-refractivity contribution in [3.05, 3.63) is 35.9 Å². The molecule has 4 rings (SSSR count). The topological polar surface area (TPSA) is 60.3 Å². The second-order valence-corrected chi connectivity index (χ2v) is 7.94. The number of hydrogen-bond donors (Lipinski definition) is 0. The van der Waals surface area contributed by atoms with E-state index in [2.05, 4.69) is 31.8 Å². The highest BCUT2D eigenvalue weighted by Crippen LogP contribution is 2.33. The van der Waals surface area contributed by atoms with E-state index < -0.39 is 0 Å². The minimum absolute atomic E-state index is 0.0139. The molecule has 1 aliphatic heterocycles. The van der Waals surface area contributed by atoms with E-state index in [-0.39, 0.29) is 5.25 Å². The van der Waals surface area contributed by atoms with Crippen LogP contribution in [0.3, 0.4) is 0 Å². The maximum Gasteiger partial charge on any atom is 0.228 e. The molecule has 0 N–H and O–H groups in total. The molecule has 0 radical (unpaired) electrons. The second-order valence-electron chi connectivity index (χ2n) is 6.77. The molecular formula is C19H24N4O2S. The lowest BCUT2D eigenvalue weighted by atomic mass is 9.99. The standard InChI is InChI=1S/C19H24N4O2S/c24-16-8-4-5-9-17(16)26-19-21-20-18(22-10-12-25-13-11-22)23(19)14-15-6-2-1-3-7-15/h1-3,6-7,17H,4-5,8-14H2/t17-/m1/s1.